The smallest absolute Gasteiger partial charge is 0.234 e. The van der Waals surface area contributed by atoms with Crippen molar-refractivity contribution in [3.8, 4) is 0 Å². The molecular formula is C14H29N3O. The van der Waals surface area contributed by atoms with E-state index in [1.54, 1.807) is 0 Å². The second kappa shape index (κ2) is 7.10. The molecule has 0 unspecified atom stereocenters. The Balaban J connectivity index is 2.62. The molecule has 0 spiro atoms. The minimum atomic E-state index is -0.0170. The van der Waals surface area contributed by atoms with Gasteiger partial charge >= 0.3 is 0 Å². The first-order valence-electron chi connectivity index (χ1n) is 7.36. The number of nitrogens with zero attached hydrogens (tertiary/aromatic N) is 1. The van der Waals surface area contributed by atoms with Crippen LogP contribution in [-0.4, -0.2) is 42.0 Å². The molecule has 0 radical (unpaired) electrons. The van der Waals surface area contributed by atoms with Gasteiger partial charge in [-0.15, -0.1) is 0 Å². The summed E-state index contributed by atoms with van der Waals surface area (Å²) in [7, 11) is 0. The lowest BCUT2D eigenvalue weighted by Crippen LogP contribution is -2.56. The summed E-state index contributed by atoms with van der Waals surface area (Å²) in [5.74, 6) is 0.158. The third-order valence-corrected chi connectivity index (χ3v) is 4.14. The molecule has 0 atom stereocenters. The maximum Gasteiger partial charge on any atom is 0.234 e. The average Bonchev–Trinajstić information content (AvgIpc) is 3.16. The lowest BCUT2D eigenvalue weighted by molar-refractivity contribution is -0.124. The van der Waals surface area contributed by atoms with Crippen molar-refractivity contribution in [3.05, 3.63) is 0 Å². The molecule has 0 saturated heterocycles. The minimum Gasteiger partial charge on any atom is -0.352 e. The fourth-order valence-electron chi connectivity index (χ4n) is 2.54. The standard InChI is InChI=1S/C14H29N3O/c1-4-9-17(14(5-2,6-3)11-15)10-13(18)16-12-7-8-12/h12H,4-11,15H2,1-3H3,(H,16,18). The second-order valence-electron chi connectivity index (χ2n) is 5.40. The number of nitrogens with one attached hydrogen (secondary N) is 1. The van der Waals surface area contributed by atoms with Gasteiger partial charge in [0.2, 0.25) is 5.91 Å². The van der Waals surface area contributed by atoms with E-state index < -0.39 is 0 Å². The van der Waals surface area contributed by atoms with Gasteiger partial charge < -0.3 is 11.1 Å². The number of carbonyl (C=O) groups excluding carboxylic acids is 1. The summed E-state index contributed by atoms with van der Waals surface area (Å²) in [6, 6.07) is 0.441. The highest BCUT2D eigenvalue weighted by atomic mass is 16.2. The topological polar surface area (TPSA) is 58.4 Å². The molecule has 0 aromatic carbocycles. The highest BCUT2D eigenvalue weighted by Gasteiger charge is 2.33. The van der Waals surface area contributed by atoms with Crippen LogP contribution in [0, 0.1) is 0 Å². The van der Waals surface area contributed by atoms with E-state index in [2.05, 4.69) is 31.0 Å². The molecule has 1 rings (SSSR count). The third kappa shape index (κ3) is 3.95. The van der Waals surface area contributed by atoms with Gasteiger partial charge in [0.05, 0.1) is 6.54 Å². The number of amides is 1. The lowest BCUT2D eigenvalue weighted by atomic mass is 9.90. The molecule has 0 heterocycles. The zero-order chi connectivity index (χ0) is 13.6. The van der Waals surface area contributed by atoms with Crippen LogP contribution in [-0.2, 0) is 4.79 Å². The molecule has 1 aliphatic rings. The van der Waals surface area contributed by atoms with Crippen LogP contribution < -0.4 is 11.1 Å². The van der Waals surface area contributed by atoms with Crippen molar-refractivity contribution in [2.24, 2.45) is 5.73 Å². The van der Waals surface area contributed by atoms with Crippen LogP contribution in [0.4, 0.5) is 0 Å². The van der Waals surface area contributed by atoms with Gasteiger partial charge in [0, 0.05) is 18.1 Å². The third-order valence-electron chi connectivity index (χ3n) is 4.14. The van der Waals surface area contributed by atoms with Crippen molar-refractivity contribution in [2.45, 2.75) is 64.5 Å². The summed E-state index contributed by atoms with van der Waals surface area (Å²) in [4.78, 5) is 14.3. The largest absolute Gasteiger partial charge is 0.352 e. The predicted octanol–water partition coefficient (Wildman–Crippen LogP) is 1.49. The Hall–Kier alpha value is -0.610. The fourth-order valence-corrected chi connectivity index (χ4v) is 2.54. The van der Waals surface area contributed by atoms with Gasteiger partial charge in [-0.05, 0) is 38.6 Å². The number of hydrogen-bond donors (Lipinski definition) is 2. The Morgan fingerprint density at radius 1 is 1.33 bits per heavy atom. The lowest BCUT2D eigenvalue weighted by Gasteiger charge is -2.42. The molecule has 4 heteroatoms. The Labute approximate surface area is 111 Å². The van der Waals surface area contributed by atoms with Crippen molar-refractivity contribution in [3.63, 3.8) is 0 Å². The number of rotatable bonds is 9. The highest BCUT2D eigenvalue weighted by Crippen LogP contribution is 2.23. The Morgan fingerprint density at radius 2 is 1.94 bits per heavy atom. The number of nitrogens with two attached hydrogens (primary N) is 1. The van der Waals surface area contributed by atoms with E-state index in [1.165, 1.54) is 0 Å². The Bertz CT molecular complexity index is 252. The van der Waals surface area contributed by atoms with Crippen LogP contribution in [0.3, 0.4) is 0 Å². The molecule has 106 valence electrons. The van der Waals surface area contributed by atoms with Gasteiger partial charge in [-0.2, -0.15) is 0 Å². The summed E-state index contributed by atoms with van der Waals surface area (Å²) in [6.45, 7) is 8.53. The summed E-state index contributed by atoms with van der Waals surface area (Å²) in [5, 5.41) is 3.07. The van der Waals surface area contributed by atoms with E-state index in [1.807, 2.05) is 0 Å². The van der Waals surface area contributed by atoms with Gasteiger partial charge in [0.1, 0.15) is 0 Å². The zero-order valence-electron chi connectivity index (χ0n) is 12.2. The average molecular weight is 255 g/mol. The summed E-state index contributed by atoms with van der Waals surface area (Å²) >= 11 is 0. The van der Waals surface area contributed by atoms with E-state index >= 15 is 0 Å². The highest BCUT2D eigenvalue weighted by molar-refractivity contribution is 5.78. The van der Waals surface area contributed by atoms with Gasteiger partial charge in [0.15, 0.2) is 0 Å². The first-order valence-corrected chi connectivity index (χ1v) is 7.36. The number of carbonyl (C=O) groups is 1. The van der Waals surface area contributed by atoms with Gasteiger partial charge in [-0.3, -0.25) is 9.69 Å². The van der Waals surface area contributed by atoms with Crippen LogP contribution in [0.5, 0.6) is 0 Å². The Kier molecular flexibility index (Phi) is 6.09. The van der Waals surface area contributed by atoms with Crippen LogP contribution in [0.25, 0.3) is 0 Å². The summed E-state index contributed by atoms with van der Waals surface area (Å²) in [6.07, 6.45) is 5.33. The predicted molar refractivity (Wildman–Crippen MR) is 75.4 cm³/mol. The van der Waals surface area contributed by atoms with E-state index in [0.29, 0.717) is 19.1 Å². The van der Waals surface area contributed by atoms with Crippen molar-refractivity contribution >= 4 is 5.91 Å². The molecule has 0 aromatic heterocycles. The van der Waals surface area contributed by atoms with E-state index in [0.717, 1.165) is 38.6 Å². The molecule has 4 nitrogen and oxygen atoms in total. The molecule has 1 amide bonds. The summed E-state index contributed by atoms with van der Waals surface area (Å²) in [5.41, 5.74) is 5.96. The molecule has 0 bridgehead atoms. The Morgan fingerprint density at radius 3 is 2.33 bits per heavy atom. The summed E-state index contributed by atoms with van der Waals surface area (Å²) < 4.78 is 0. The monoisotopic (exact) mass is 255 g/mol. The minimum absolute atomic E-state index is 0.0170. The molecule has 18 heavy (non-hydrogen) atoms. The van der Waals surface area contributed by atoms with Crippen molar-refractivity contribution in [2.75, 3.05) is 19.6 Å². The molecule has 1 aliphatic carbocycles. The molecule has 0 aromatic rings. The van der Waals surface area contributed by atoms with E-state index in [-0.39, 0.29) is 11.4 Å². The molecule has 1 fully saturated rings. The quantitative estimate of drug-likeness (QED) is 0.656. The van der Waals surface area contributed by atoms with Crippen molar-refractivity contribution in [1.29, 1.82) is 0 Å². The molecule has 3 N–H and O–H groups in total. The maximum atomic E-state index is 12.0. The molecule has 1 saturated carbocycles. The maximum absolute atomic E-state index is 12.0. The molecule has 0 aliphatic heterocycles. The normalized spacial score (nSPS) is 16.1. The first-order chi connectivity index (χ1) is 8.61. The zero-order valence-corrected chi connectivity index (χ0v) is 12.2. The first kappa shape index (κ1) is 15.4. The van der Waals surface area contributed by atoms with Gasteiger partial charge in [-0.25, -0.2) is 0 Å². The van der Waals surface area contributed by atoms with E-state index in [4.69, 9.17) is 5.73 Å². The SMILES string of the molecule is CCCN(CC(=O)NC1CC1)C(CC)(CC)CN. The van der Waals surface area contributed by atoms with Crippen LogP contribution in [0.2, 0.25) is 0 Å². The second-order valence-corrected chi connectivity index (χ2v) is 5.40. The van der Waals surface area contributed by atoms with Crippen LogP contribution >= 0.6 is 0 Å². The van der Waals surface area contributed by atoms with Crippen LogP contribution in [0.15, 0.2) is 0 Å². The van der Waals surface area contributed by atoms with Crippen molar-refractivity contribution < 1.29 is 4.79 Å². The fraction of sp³-hybridized carbons (Fsp3) is 0.929. The number of hydrogen-bond acceptors (Lipinski definition) is 3. The van der Waals surface area contributed by atoms with Crippen molar-refractivity contribution in [1.82, 2.24) is 10.2 Å². The van der Waals surface area contributed by atoms with Gasteiger partial charge in [-0.1, -0.05) is 20.8 Å². The van der Waals surface area contributed by atoms with E-state index in [9.17, 15) is 4.79 Å². The van der Waals surface area contributed by atoms with Crippen LogP contribution in [0.1, 0.15) is 52.9 Å². The molecular weight excluding hydrogens is 226 g/mol. The van der Waals surface area contributed by atoms with Gasteiger partial charge in [0.25, 0.3) is 0 Å².